The zero-order chi connectivity index (χ0) is 15.7. The highest BCUT2D eigenvalue weighted by molar-refractivity contribution is 7.15. The second kappa shape index (κ2) is 10.1. The first-order valence-corrected chi connectivity index (χ1v) is 8.36. The minimum absolute atomic E-state index is 0.491. The molecule has 0 spiro atoms. The van der Waals surface area contributed by atoms with Gasteiger partial charge >= 0.3 is 0 Å². The summed E-state index contributed by atoms with van der Waals surface area (Å²) in [4.78, 5) is 8.49. The fourth-order valence-corrected chi connectivity index (χ4v) is 3.30. The summed E-state index contributed by atoms with van der Waals surface area (Å²) in [5.74, 6) is 0.491. The number of nitrogens with one attached hydrogen (secondary N) is 1. The Bertz CT molecular complexity index is 390. The van der Waals surface area contributed by atoms with Gasteiger partial charge in [-0.15, -0.1) is 11.3 Å². The van der Waals surface area contributed by atoms with E-state index in [1.807, 2.05) is 7.05 Å². The Hall–Kier alpha value is -0.690. The third kappa shape index (κ3) is 5.54. The van der Waals surface area contributed by atoms with E-state index in [4.69, 9.17) is 14.5 Å². The maximum Gasteiger partial charge on any atom is 0.185 e. The fraction of sp³-hybridized carbons (Fsp3) is 0.800. The summed E-state index contributed by atoms with van der Waals surface area (Å²) in [6.07, 6.45) is 1.11. The summed E-state index contributed by atoms with van der Waals surface area (Å²) < 4.78 is 10.4. The molecule has 0 aromatic carbocycles. The molecule has 1 unspecified atom stereocenters. The molecule has 1 aromatic heterocycles. The van der Waals surface area contributed by atoms with Gasteiger partial charge < -0.3 is 19.7 Å². The summed E-state index contributed by atoms with van der Waals surface area (Å²) in [6.45, 7) is 8.40. The first kappa shape index (κ1) is 18.4. The Morgan fingerprint density at radius 1 is 1.24 bits per heavy atom. The fourth-order valence-electron chi connectivity index (χ4n) is 2.06. The molecule has 0 amide bonds. The molecule has 21 heavy (non-hydrogen) atoms. The van der Waals surface area contributed by atoms with Gasteiger partial charge in [0.1, 0.15) is 0 Å². The Balaban J connectivity index is 2.94. The van der Waals surface area contributed by atoms with Crippen molar-refractivity contribution in [2.45, 2.75) is 32.7 Å². The predicted octanol–water partition coefficient (Wildman–Crippen LogP) is 2.48. The molecule has 0 aliphatic heterocycles. The van der Waals surface area contributed by atoms with E-state index in [1.165, 1.54) is 10.6 Å². The molecular weight excluding hydrogens is 286 g/mol. The first-order valence-electron chi connectivity index (χ1n) is 7.54. The van der Waals surface area contributed by atoms with Crippen LogP contribution in [0.5, 0.6) is 0 Å². The van der Waals surface area contributed by atoms with Crippen LogP contribution in [-0.2, 0) is 16.0 Å². The molecule has 122 valence electrons. The topological polar surface area (TPSA) is 46.6 Å². The minimum Gasteiger partial charge on any atom is -0.383 e. The second-order valence-corrected chi connectivity index (χ2v) is 6.18. The molecule has 0 bridgehead atoms. The van der Waals surface area contributed by atoms with Crippen molar-refractivity contribution in [3.05, 3.63) is 10.6 Å². The number of anilines is 1. The number of methoxy groups -OCH3 is 2. The van der Waals surface area contributed by atoms with Crippen LogP contribution in [0.2, 0.25) is 0 Å². The van der Waals surface area contributed by atoms with Crippen molar-refractivity contribution in [3.8, 4) is 0 Å². The molecule has 0 aliphatic rings. The highest BCUT2D eigenvalue weighted by atomic mass is 32.1. The van der Waals surface area contributed by atoms with Crippen molar-refractivity contribution >= 4 is 16.5 Å². The molecule has 0 aliphatic carbocycles. The van der Waals surface area contributed by atoms with E-state index in [-0.39, 0.29) is 0 Å². The van der Waals surface area contributed by atoms with E-state index in [0.29, 0.717) is 19.1 Å². The van der Waals surface area contributed by atoms with Gasteiger partial charge in [0.15, 0.2) is 5.13 Å². The molecule has 1 N–H and O–H groups in total. The molecule has 1 rings (SSSR count). The summed E-state index contributed by atoms with van der Waals surface area (Å²) in [5.41, 5.74) is 1.23. The van der Waals surface area contributed by atoms with Gasteiger partial charge in [0, 0.05) is 38.7 Å². The van der Waals surface area contributed by atoms with Gasteiger partial charge in [-0.3, -0.25) is 0 Å². The van der Waals surface area contributed by atoms with E-state index in [2.05, 4.69) is 24.1 Å². The number of hydrogen-bond acceptors (Lipinski definition) is 6. The lowest BCUT2D eigenvalue weighted by Gasteiger charge is -2.21. The molecular formula is C15H29N3O2S. The first-order chi connectivity index (χ1) is 10.2. The number of aromatic nitrogens is 1. The Morgan fingerprint density at radius 3 is 2.33 bits per heavy atom. The standard InChI is InChI=1S/C15H29N3O2S/c1-6-12(2)14-13(11-16-3)21-15(17-14)18(7-9-19-4)8-10-20-5/h12,16H,6-11H2,1-5H3. The summed E-state index contributed by atoms with van der Waals surface area (Å²) in [6, 6.07) is 0. The van der Waals surface area contributed by atoms with Gasteiger partial charge in [-0.05, 0) is 19.4 Å². The Morgan fingerprint density at radius 2 is 1.86 bits per heavy atom. The van der Waals surface area contributed by atoms with Crippen molar-refractivity contribution in [1.29, 1.82) is 0 Å². The van der Waals surface area contributed by atoms with Crippen LogP contribution in [0.1, 0.15) is 36.8 Å². The molecule has 0 fully saturated rings. The van der Waals surface area contributed by atoms with Crippen LogP contribution < -0.4 is 10.2 Å². The maximum atomic E-state index is 5.21. The largest absolute Gasteiger partial charge is 0.383 e. The van der Waals surface area contributed by atoms with Crippen LogP contribution in [0.15, 0.2) is 0 Å². The number of thiazole rings is 1. The second-order valence-electron chi connectivity index (χ2n) is 5.12. The molecule has 5 nitrogen and oxygen atoms in total. The zero-order valence-corrected chi connectivity index (χ0v) is 14.8. The van der Waals surface area contributed by atoms with Crippen molar-refractivity contribution in [3.63, 3.8) is 0 Å². The van der Waals surface area contributed by atoms with Gasteiger partial charge in [0.05, 0.1) is 18.9 Å². The van der Waals surface area contributed by atoms with Crippen LogP contribution in [-0.4, -0.2) is 52.6 Å². The lowest BCUT2D eigenvalue weighted by Crippen LogP contribution is -2.30. The minimum atomic E-state index is 0.491. The van der Waals surface area contributed by atoms with Gasteiger partial charge in [-0.1, -0.05) is 13.8 Å². The summed E-state index contributed by atoms with van der Waals surface area (Å²) >= 11 is 1.78. The normalized spacial score (nSPS) is 12.6. The third-order valence-corrected chi connectivity index (χ3v) is 4.67. The SMILES string of the molecule is CCC(C)c1nc(N(CCOC)CCOC)sc1CNC. The lowest BCUT2D eigenvalue weighted by atomic mass is 10.0. The van der Waals surface area contributed by atoms with E-state index in [0.717, 1.165) is 31.2 Å². The van der Waals surface area contributed by atoms with Crippen LogP contribution in [0.25, 0.3) is 0 Å². The van der Waals surface area contributed by atoms with Crippen molar-refractivity contribution in [2.75, 3.05) is 52.5 Å². The monoisotopic (exact) mass is 315 g/mol. The zero-order valence-electron chi connectivity index (χ0n) is 13.9. The number of ether oxygens (including phenoxy) is 2. The van der Waals surface area contributed by atoms with Gasteiger partial charge in [-0.2, -0.15) is 0 Å². The Kier molecular flexibility index (Phi) is 8.84. The highest BCUT2D eigenvalue weighted by Gasteiger charge is 2.19. The third-order valence-electron chi connectivity index (χ3n) is 3.53. The molecule has 1 heterocycles. The molecule has 6 heteroatoms. The van der Waals surface area contributed by atoms with Gasteiger partial charge in [0.2, 0.25) is 0 Å². The molecule has 0 radical (unpaired) electrons. The van der Waals surface area contributed by atoms with Gasteiger partial charge in [-0.25, -0.2) is 4.98 Å². The average molecular weight is 315 g/mol. The average Bonchev–Trinajstić information content (AvgIpc) is 2.91. The van der Waals surface area contributed by atoms with Crippen molar-refractivity contribution in [2.24, 2.45) is 0 Å². The molecule has 0 saturated heterocycles. The quantitative estimate of drug-likeness (QED) is 0.680. The van der Waals surface area contributed by atoms with Crippen LogP contribution in [0.4, 0.5) is 5.13 Å². The van der Waals surface area contributed by atoms with E-state index < -0.39 is 0 Å². The van der Waals surface area contributed by atoms with Crippen molar-refractivity contribution in [1.82, 2.24) is 10.3 Å². The maximum absolute atomic E-state index is 5.21. The highest BCUT2D eigenvalue weighted by Crippen LogP contribution is 2.32. The Labute approximate surface area is 132 Å². The van der Waals surface area contributed by atoms with E-state index >= 15 is 0 Å². The number of hydrogen-bond donors (Lipinski definition) is 1. The summed E-state index contributed by atoms with van der Waals surface area (Å²) in [5, 5.41) is 4.32. The lowest BCUT2D eigenvalue weighted by molar-refractivity contribution is 0.190. The van der Waals surface area contributed by atoms with E-state index in [1.54, 1.807) is 25.6 Å². The van der Waals surface area contributed by atoms with Gasteiger partial charge in [0.25, 0.3) is 0 Å². The van der Waals surface area contributed by atoms with Crippen LogP contribution in [0, 0.1) is 0 Å². The number of nitrogens with zero attached hydrogens (tertiary/aromatic N) is 2. The van der Waals surface area contributed by atoms with Crippen LogP contribution in [0.3, 0.4) is 0 Å². The number of rotatable bonds is 11. The smallest absolute Gasteiger partial charge is 0.185 e. The van der Waals surface area contributed by atoms with Crippen LogP contribution >= 0.6 is 11.3 Å². The van der Waals surface area contributed by atoms with E-state index in [9.17, 15) is 0 Å². The molecule has 1 aromatic rings. The molecule has 0 saturated carbocycles. The molecule has 1 atom stereocenters. The summed E-state index contributed by atoms with van der Waals surface area (Å²) in [7, 11) is 5.44. The predicted molar refractivity (Wildman–Crippen MR) is 89.5 cm³/mol. The van der Waals surface area contributed by atoms with Crippen molar-refractivity contribution < 1.29 is 9.47 Å².